The molecule has 2 aliphatic carbocycles. The van der Waals surface area contributed by atoms with Crippen LogP contribution in [0, 0.1) is 12.1 Å². The minimum Gasteiger partial charge on any atom is -0.608 e. The first kappa shape index (κ1) is 22.3. The zero-order valence-corrected chi connectivity index (χ0v) is 19.4. The number of benzene rings is 1. The maximum Gasteiger partial charge on any atom is 0.436 e. The molecule has 2 amide bonds. The summed E-state index contributed by atoms with van der Waals surface area (Å²) in [7, 11) is -4.69. The Kier molecular flexibility index (Phi) is 5.89. The average molecular weight is 477 g/mol. The lowest BCUT2D eigenvalue weighted by Gasteiger charge is -2.34. The molecule has 0 bridgehead atoms. The van der Waals surface area contributed by atoms with Gasteiger partial charge in [0.05, 0.1) is 17.4 Å². The highest BCUT2D eigenvalue weighted by atomic mass is 32.2. The molecule has 0 radical (unpaired) electrons. The molecule has 3 aliphatic rings. The number of rotatable bonds is 5. The van der Waals surface area contributed by atoms with Crippen molar-refractivity contribution in [3.05, 3.63) is 45.3 Å². The lowest BCUT2D eigenvalue weighted by atomic mass is 9.99. The number of nitrogens with one attached hydrogen (secondary N) is 2. The minimum atomic E-state index is -4.69. The van der Waals surface area contributed by atoms with Crippen LogP contribution in [0.1, 0.15) is 53.6 Å². The van der Waals surface area contributed by atoms with Gasteiger partial charge in [-0.1, -0.05) is 11.2 Å². The molecule has 2 heterocycles. The highest BCUT2D eigenvalue weighted by Gasteiger charge is 2.42. The average Bonchev–Trinajstić information content (AvgIpc) is 3.55. The van der Waals surface area contributed by atoms with Crippen LogP contribution in [0.4, 0.5) is 16.4 Å². The molecule has 33 heavy (non-hydrogen) atoms. The van der Waals surface area contributed by atoms with Crippen molar-refractivity contribution in [1.82, 2.24) is 5.16 Å². The monoisotopic (exact) mass is 476 g/mol. The van der Waals surface area contributed by atoms with E-state index in [-0.39, 0.29) is 5.88 Å². The summed E-state index contributed by atoms with van der Waals surface area (Å²) in [6.45, 7) is 2.37. The molecule has 178 valence electrons. The molecule has 1 atom stereocenters. The van der Waals surface area contributed by atoms with Gasteiger partial charge in [-0.05, 0) is 80.5 Å². The first-order valence-corrected chi connectivity index (χ1v) is 12.9. The number of hydroxylamine groups is 1. The molecule has 5 rings (SSSR count). The van der Waals surface area contributed by atoms with E-state index in [2.05, 4.69) is 16.5 Å². The number of quaternary nitrogens is 1. The smallest absolute Gasteiger partial charge is 0.436 e. The van der Waals surface area contributed by atoms with Crippen LogP contribution in [0.5, 0.6) is 0 Å². The summed E-state index contributed by atoms with van der Waals surface area (Å²) in [5.74, 6) is -0.0676. The second-order valence-corrected chi connectivity index (χ2v) is 10.6. The van der Waals surface area contributed by atoms with Gasteiger partial charge in [0.1, 0.15) is 0 Å². The number of nitrogens with zero attached hydrogens (tertiary/aromatic N) is 2. The molecule has 1 unspecified atom stereocenters. The number of hydrogen-bond donors (Lipinski definition) is 2. The molecule has 1 aliphatic heterocycles. The van der Waals surface area contributed by atoms with E-state index in [0.29, 0.717) is 37.4 Å². The van der Waals surface area contributed by atoms with E-state index in [4.69, 9.17) is 9.26 Å². The van der Waals surface area contributed by atoms with Gasteiger partial charge in [-0.2, -0.15) is 17.2 Å². The Labute approximate surface area is 192 Å². The molecule has 2 N–H and O–H groups in total. The Morgan fingerprint density at radius 1 is 1.12 bits per heavy atom. The summed E-state index contributed by atoms with van der Waals surface area (Å²) in [5.41, 5.74) is 5.54. The Balaban J connectivity index is 1.45. The van der Waals surface area contributed by atoms with Gasteiger partial charge in [-0.25, -0.2) is 4.79 Å². The topological polar surface area (TPSA) is 129 Å². The van der Waals surface area contributed by atoms with E-state index in [1.165, 1.54) is 17.2 Å². The van der Waals surface area contributed by atoms with Crippen molar-refractivity contribution in [2.24, 2.45) is 0 Å². The summed E-state index contributed by atoms with van der Waals surface area (Å²) in [5, 5.41) is 19.6. The van der Waals surface area contributed by atoms with Gasteiger partial charge in [0.2, 0.25) is 5.88 Å². The van der Waals surface area contributed by atoms with Gasteiger partial charge in [0.25, 0.3) is 0 Å². The molecule has 0 saturated carbocycles. The van der Waals surface area contributed by atoms with Crippen LogP contribution >= 0.6 is 0 Å². The third-order valence-corrected chi connectivity index (χ3v) is 8.40. The Morgan fingerprint density at radius 3 is 2.33 bits per heavy atom. The molecular formula is C22H28N4O6S. The van der Waals surface area contributed by atoms with Crippen LogP contribution in [0.3, 0.4) is 0 Å². The highest BCUT2D eigenvalue weighted by Crippen LogP contribution is 2.38. The van der Waals surface area contributed by atoms with E-state index in [9.17, 15) is 18.4 Å². The van der Waals surface area contributed by atoms with Crippen LogP contribution in [0.15, 0.2) is 16.7 Å². The van der Waals surface area contributed by atoms with Crippen molar-refractivity contribution in [3.63, 3.8) is 0 Å². The zero-order valence-electron chi connectivity index (χ0n) is 18.6. The quantitative estimate of drug-likeness (QED) is 0.630. The maximum absolute atomic E-state index is 13.4. The van der Waals surface area contributed by atoms with Gasteiger partial charge < -0.3 is 14.5 Å². The number of aromatic nitrogens is 1. The number of carbonyl (C=O) groups is 1. The van der Waals surface area contributed by atoms with Crippen molar-refractivity contribution < 1.29 is 26.9 Å². The number of amides is 2. The van der Waals surface area contributed by atoms with Gasteiger partial charge in [-0.3, -0.25) is 5.32 Å². The van der Waals surface area contributed by atoms with Crippen LogP contribution in [0.25, 0.3) is 0 Å². The van der Waals surface area contributed by atoms with Crippen molar-refractivity contribution in [2.45, 2.75) is 64.3 Å². The number of aryl methyl sites for hydroxylation is 3. The standard InChI is InChI=1S/C22H28N4O6S/c1-14-12-20(32-24-14)25(17-8-10-31-11-9-17)33(29,30)26(28)22(27)23-21-18-6-2-4-15(18)13-16-5-3-7-19(16)21/h12-13,17,26H,2-11H2,1H3,(H,23,27). The summed E-state index contributed by atoms with van der Waals surface area (Å²) < 4.78 is 36.8. The van der Waals surface area contributed by atoms with Crippen molar-refractivity contribution in [1.29, 1.82) is 0 Å². The molecule has 1 fully saturated rings. The van der Waals surface area contributed by atoms with Crippen molar-refractivity contribution in [2.75, 3.05) is 22.8 Å². The Morgan fingerprint density at radius 2 is 1.76 bits per heavy atom. The lowest BCUT2D eigenvalue weighted by Crippen LogP contribution is -3.14. The zero-order chi connectivity index (χ0) is 23.2. The van der Waals surface area contributed by atoms with Gasteiger partial charge in [0.15, 0.2) is 0 Å². The predicted octanol–water partition coefficient (Wildman–Crippen LogP) is 1.81. The number of fused-ring (bicyclic) bond motifs is 2. The third kappa shape index (κ3) is 4.03. The Bertz CT molecular complexity index is 1140. The molecule has 10 nitrogen and oxygen atoms in total. The lowest BCUT2D eigenvalue weighted by molar-refractivity contribution is -0.604. The Hall–Kier alpha value is -2.47. The van der Waals surface area contributed by atoms with Gasteiger partial charge >= 0.3 is 16.2 Å². The van der Waals surface area contributed by atoms with E-state index in [1.54, 1.807) is 6.92 Å². The van der Waals surface area contributed by atoms with E-state index in [0.717, 1.165) is 54.0 Å². The fourth-order valence-electron chi connectivity index (χ4n) is 5.21. The summed E-state index contributed by atoms with van der Waals surface area (Å²) in [6.07, 6.45) is 6.21. The number of urea groups is 1. The first-order chi connectivity index (χ1) is 15.9. The molecule has 1 aromatic heterocycles. The third-order valence-electron chi connectivity index (χ3n) is 6.75. The molecule has 1 saturated heterocycles. The van der Waals surface area contributed by atoms with Crippen LogP contribution in [-0.4, -0.2) is 38.9 Å². The van der Waals surface area contributed by atoms with Crippen LogP contribution in [0.2, 0.25) is 0 Å². The van der Waals surface area contributed by atoms with Crippen molar-refractivity contribution >= 4 is 27.8 Å². The normalized spacial score (nSPS) is 19.2. The fourth-order valence-corrected chi connectivity index (χ4v) is 6.60. The SMILES string of the molecule is Cc1cc(N(C2CCOCC2)S(=O)(=O)[NH+]([O-])C(=O)Nc2c3c(cc4c2CCC4)CCC3)on1. The van der Waals surface area contributed by atoms with Crippen molar-refractivity contribution in [3.8, 4) is 0 Å². The fraction of sp³-hybridized carbons (Fsp3) is 0.545. The number of carbonyl (C=O) groups excluding carboxylic acids is 1. The minimum absolute atomic E-state index is 0.0676. The summed E-state index contributed by atoms with van der Waals surface area (Å²) >= 11 is 0. The number of ether oxygens (including phenoxy) is 1. The number of hydrogen-bond acceptors (Lipinski definition) is 7. The predicted molar refractivity (Wildman–Crippen MR) is 120 cm³/mol. The summed E-state index contributed by atoms with van der Waals surface area (Å²) in [6, 6.07) is 1.96. The van der Waals surface area contributed by atoms with Crippen LogP contribution < -0.4 is 14.1 Å². The first-order valence-electron chi connectivity index (χ1n) is 11.4. The summed E-state index contributed by atoms with van der Waals surface area (Å²) in [4.78, 5) is 13.0. The van der Waals surface area contributed by atoms with Gasteiger partial charge in [0, 0.05) is 19.3 Å². The second kappa shape index (κ2) is 8.71. The largest absolute Gasteiger partial charge is 0.608 e. The molecule has 11 heteroatoms. The number of anilines is 2. The molecular weight excluding hydrogens is 448 g/mol. The van der Waals surface area contributed by atoms with E-state index >= 15 is 0 Å². The van der Waals surface area contributed by atoms with E-state index in [1.807, 2.05) is 0 Å². The van der Waals surface area contributed by atoms with E-state index < -0.39 is 26.8 Å². The molecule has 0 spiro atoms. The maximum atomic E-state index is 13.4. The van der Waals surface area contributed by atoms with Gasteiger partial charge in [-0.15, -0.1) is 0 Å². The second-order valence-electron chi connectivity index (χ2n) is 8.93. The van der Waals surface area contributed by atoms with Crippen LogP contribution in [-0.2, 0) is 40.6 Å². The molecule has 2 aromatic rings. The molecule has 1 aromatic carbocycles. The highest BCUT2D eigenvalue weighted by molar-refractivity contribution is 7.86.